The summed E-state index contributed by atoms with van der Waals surface area (Å²) in [7, 11) is 5.27. The quantitative estimate of drug-likeness (QED) is 0.626. The highest BCUT2D eigenvalue weighted by Gasteiger charge is 2.25. The number of rotatable bonds is 5. The van der Waals surface area contributed by atoms with E-state index in [2.05, 4.69) is 21.4 Å². The molecule has 0 N–H and O–H groups in total. The van der Waals surface area contributed by atoms with E-state index in [1.54, 1.807) is 11.8 Å². The summed E-state index contributed by atoms with van der Waals surface area (Å²) >= 11 is 1.38. The normalized spacial score (nSPS) is 13.1. The molecule has 0 fully saturated rings. The lowest BCUT2D eigenvalue weighted by molar-refractivity contribution is -0.116. The predicted octanol–water partition coefficient (Wildman–Crippen LogP) is 1.91. The lowest BCUT2D eigenvalue weighted by atomic mass is 10.2. The minimum atomic E-state index is 0.0773. The molecule has 1 amide bonds. The van der Waals surface area contributed by atoms with E-state index in [4.69, 9.17) is 4.74 Å². The number of hydrogen-bond acceptors (Lipinski definition) is 6. The van der Waals surface area contributed by atoms with Gasteiger partial charge in [-0.05, 0) is 18.1 Å². The highest BCUT2D eigenvalue weighted by molar-refractivity contribution is 7.99. The van der Waals surface area contributed by atoms with Gasteiger partial charge in [-0.2, -0.15) is 0 Å². The third-order valence-electron chi connectivity index (χ3n) is 4.58. The van der Waals surface area contributed by atoms with Gasteiger partial charge in [0.15, 0.2) is 11.0 Å². The van der Waals surface area contributed by atoms with Gasteiger partial charge in [-0.15, -0.1) is 15.3 Å². The second kappa shape index (κ2) is 7.07. The largest absolute Gasteiger partial charge is 0.479 e. The van der Waals surface area contributed by atoms with Crippen molar-refractivity contribution < 1.29 is 9.53 Å². The van der Waals surface area contributed by atoms with E-state index >= 15 is 0 Å². The number of carbonyl (C=O) groups excluding carboxylic acids is 1. The van der Waals surface area contributed by atoms with Crippen LogP contribution in [0.3, 0.4) is 0 Å². The molecule has 140 valence electrons. The van der Waals surface area contributed by atoms with E-state index in [-0.39, 0.29) is 5.91 Å². The van der Waals surface area contributed by atoms with E-state index in [1.165, 1.54) is 17.3 Å². The SMILES string of the molecule is COc1nn(C)cc1-c1nnc(SCC(=O)N2CCc3ccccc32)n1C. The summed E-state index contributed by atoms with van der Waals surface area (Å²) in [6.45, 7) is 0.732. The zero-order valence-electron chi connectivity index (χ0n) is 15.4. The molecule has 1 aromatic carbocycles. The van der Waals surface area contributed by atoms with Crippen molar-refractivity contribution in [1.82, 2.24) is 24.5 Å². The zero-order chi connectivity index (χ0) is 19.0. The summed E-state index contributed by atoms with van der Waals surface area (Å²) in [5.74, 6) is 1.54. The van der Waals surface area contributed by atoms with Crippen LogP contribution in [0.25, 0.3) is 11.4 Å². The van der Waals surface area contributed by atoms with Crippen LogP contribution in [0.5, 0.6) is 5.88 Å². The maximum absolute atomic E-state index is 12.7. The van der Waals surface area contributed by atoms with Gasteiger partial charge in [0.05, 0.1) is 12.9 Å². The Balaban J connectivity index is 1.48. The molecule has 0 unspecified atom stereocenters. The summed E-state index contributed by atoms with van der Waals surface area (Å²) in [5, 5.41) is 13.4. The van der Waals surface area contributed by atoms with Crippen LogP contribution in [-0.2, 0) is 25.3 Å². The van der Waals surface area contributed by atoms with Crippen molar-refractivity contribution in [2.45, 2.75) is 11.6 Å². The van der Waals surface area contributed by atoms with E-state index in [1.807, 2.05) is 48.0 Å². The number of fused-ring (bicyclic) bond motifs is 1. The molecule has 0 aliphatic carbocycles. The molecule has 1 aliphatic rings. The minimum absolute atomic E-state index is 0.0773. The third-order valence-corrected chi connectivity index (χ3v) is 5.58. The molecule has 4 rings (SSSR count). The first-order valence-electron chi connectivity index (χ1n) is 8.57. The van der Waals surface area contributed by atoms with Crippen molar-refractivity contribution in [3.05, 3.63) is 36.0 Å². The van der Waals surface area contributed by atoms with E-state index in [0.29, 0.717) is 22.6 Å². The van der Waals surface area contributed by atoms with Crippen molar-refractivity contribution in [3.8, 4) is 17.3 Å². The van der Waals surface area contributed by atoms with E-state index in [9.17, 15) is 4.79 Å². The van der Waals surface area contributed by atoms with Gasteiger partial charge in [0.1, 0.15) is 5.56 Å². The lowest BCUT2D eigenvalue weighted by Gasteiger charge is -2.16. The average molecular weight is 384 g/mol. The Bertz CT molecular complexity index is 996. The van der Waals surface area contributed by atoms with Gasteiger partial charge < -0.3 is 14.2 Å². The fraction of sp³-hybridized carbons (Fsp3) is 0.333. The summed E-state index contributed by atoms with van der Waals surface area (Å²) in [5.41, 5.74) is 3.00. The van der Waals surface area contributed by atoms with Crippen molar-refractivity contribution in [2.75, 3.05) is 24.3 Å². The number of hydrogen-bond donors (Lipinski definition) is 0. The number of methoxy groups -OCH3 is 1. The van der Waals surface area contributed by atoms with Crippen molar-refractivity contribution in [1.29, 1.82) is 0 Å². The number of aryl methyl sites for hydroxylation is 1. The van der Waals surface area contributed by atoms with Crippen LogP contribution in [0.4, 0.5) is 5.69 Å². The Labute approximate surface area is 161 Å². The molecule has 8 nitrogen and oxygen atoms in total. The molecular weight excluding hydrogens is 364 g/mol. The molecule has 3 aromatic rings. The smallest absolute Gasteiger partial charge is 0.243 e. The van der Waals surface area contributed by atoms with Gasteiger partial charge in [0.25, 0.3) is 0 Å². The monoisotopic (exact) mass is 384 g/mol. The number of ether oxygens (including phenoxy) is 1. The molecule has 0 radical (unpaired) electrons. The number of anilines is 1. The van der Waals surface area contributed by atoms with Gasteiger partial charge in [-0.25, -0.2) is 0 Å². The van der Waals surface area contributed by atoms with Gasteiger partial charge in [0.2, 0.25) is 11.8 Å². The van der Waals surface area contributed by atoms with Gasteiger partial charge >= 0.3 is 0 Å². The number of benzene rings is 1. The molecule has 0 atom stereocenters. The summed E-state index contributed by atoms with van der Waals surface area (Å²) in [6, 6.07) is 8.05. The standard InChI is InChI=1S/C18H20N6O2S/c1-22-10-13(17(21-22)26-3)16-19-20-18(23(16)2)27-11-15(25)24-9-8-12-6-4-5-7-14(12)24/h4-7,10H,8-9,11H2,1-3H3. The Morgan fingerprint density at radius 1 is 1.26 bits per heavy atom. The Kier molecular flexibility index (Phi) is 4.61. The molecule has 0 spiro atoms. The van der Waals surface area contributed by atoms with Crippen LogP contribution in [0.1, 0.15) is 5.56 Å². The summed E-state index contributed by atoms with van der Waals surface area (Å²) in [4.78, 5) is 14.5. The maximum atomic E-state index is 12.7. The van der Waals surface area contributed by atoms with E-state index < -0.39 is 0 Å². The first-order chi connectivity index (χ1) is 13.1. The van der Waals surface area contributed by atoms with Crippen molar-refractivity contribution in [2.24, 2.45) is 14.1 Å². The van der Waals surface area contributed by atoms with Crippen molar-refractivity contribution >= 4 is 23.4 Å². The lowest BCUT2D eigenvalue weighted by Crippen LogP contribution is -2.30. The second-order valence-corrected chi connectivity index (χ2v) is 7.25. The maximum Gasteiger partial charge on any atom is 0.243 e. The van der Waals surface area contributed by atoms with Crippen molar-refractivity contribution in [3.63, 3.8) is 0 Å². The van der Waals surface area contributed by atoms with Crippen LogP contribution >= 0.6 is 11.8 Å². The number of carbonyl (C=O) groups is 1. The minimum Gasteiger partial charge on any atom is -0.479 e. The van der Waals surface area contributed by atoms with Crippen LogP contribution in [0, 0.1) is 0 Å². The average Bonchev–Trinajstić information content (AvgIpc) is 3.36. The molecular formula is C18H20N6O2S. The van der Waals surface area contributed by atoms with Crippen LogP contribution in [0.15, 0.2) is 35.6 Å². The highest BCUT2D eigenvalue weighted by atomic mass is 32.2. The molecule has 0 saturated heterocycles. The first-order valence-corrected chi connectivity index (χ1v) is 9.55. The van der Waals surface area contributed by atoms with Crippen LogP contribution < -0.4 is 9.64 Å². The molecule has 0 bridgehead atoms. The van der Waals surface area contributed by atoms with Gasteiger partial charge in [-0.1, -0.05) is 30.0 Å². The number of amides is 1. The fourth-order valence-corrected chi connectivity index (χ4v) is 4.04. The topological polar surface area (TPSA) is 78.1 Å². The molecule has 2 aromatic heterocycles. The molecule has 3 heterocycles. The summed E-state index contributed by atoms with van der Waals surface area (Å²) in [6.07, 6.45) is 2.74. The summed E-state index contributed by atoms with van der Waals surface area (Å²) < 4.78 is 8.83. The number of para-hydroxylation sites is 1. The zero-order valence-corrected chi connectivity index (χ0v) is 16.2. The van der Waals surface area contributed by atoms with Crippen LogP contribution in [0.2, 0.25) is 0 Å². The fourth-order valence-electron chi connectivity index (χ4n) is 3.25. The predicted molar refractivity (Wildman–Crippen MR) is 103 cm³/mol. The Hall–Kier alpha value is -2.81. The number of aromatic nitrogens is 5. The van der Waals surface area contributed by atoms with Gasteiger partial charge in [-0.3, -0.25) is 9.48 Å². The Morgan fingerprint density at radius 2 is 2.07 bits per heavy atom. The molecule has 9 heteroatoms. The third kappa shape index (κ3) is 3.18. The first kappa shape index (κ1) is 17.6. The second-order valence-electron chi connectivity index (χ2n) is 6.30. The van der Waals surface area contributed by atoms with E-state index in [0.717, 1.165) is 24.2 Å². The highest BCUT2D eigenvalue weighted by Crippen LogP contribution is 2.31. The molecule has 27 heavy (non-hydrogen) atoms. The van der Waals surface area contributed by atoms with Crippen LogP contribution in [-0.4, -0.2) is 49.9 Å². The Morgan fingerprint density at radius 3 is 2.89 bits per heavy atom. The number of thioether (sulfide) groups is 1. The number of nitrogens with zero attached hydrogens (tertiary/aromatic N) is 6. The van der Waals surface area contributed by atoms with Gasteiger partial charge in [0, 0.05) is 32.5 Å². The molecule has 1 aliphatic heterocycles. The molecule has 0 saturated carbocycles.